The van der Waals surface area contributed by atoms with E-state index in [-0.39, 0.29) is 0 Å². The molecule has 3 nitrogen and oxygen atoms in total. The second-order valence-electron chi connectivity index (χ2n) is 5.62. The molecule has 1 aliphatic heterocycles. The Morgan fingerprint density at radius 2 is 1.72 bits per heavy atom. The first kappa shape index (κ1) is 12.0. The van der Waals surface area contributed by atoms with Gasteiger partial charge in [0.1, 0.15) is 0 Å². The van der Waals surface area contributed by atoms with Crippen LogP contribution in [-0.2, 0) is 0 Å². The maximum absolute atomic E-state index is 9.49. The van der Waals surface area contributed by atoms with E-state index in [2.05, 4.69) is 35.2 Å². The Morgan fingerprint density at radius 1 is 1.06 bits per heavy atom. The fraction of sp³-hybridized carbons (Fsp3) is 0.600. The Hall–Kier alpha value is -1.06. The van der Waals surface area contributed by atoms with Gasteiger partial charge in [-0.1, -0.05) is 18.2 Å². The summed E-state index contributed by atoms with van der Waals surface area (Å²) in [5, 5.41) is 10.9. The van der Waals surface area contributed by atoms with Gasteiger partial charge in [-0.25, -0.2) is 0 Å². The molecule has 0 bridgehead atoms. The predicted octanol–water partition coefficient (Wildman–Crippen LogP) is 2.76. The second kappa shape index (κ2) is 5.29. The van der Waals surface area contributed by atoms with Gasteiger partial charge in [0.15, 0.2) is 0 Å². The van der Waals surface area contributed by atoms with Crippen molar-refractivity contribution < 1.29 is 5.21 Å². The minimum absolute atomic E-state index is 0.594. The molecule has 0 unspecified atom stereocenters. The zero-order valence-corrected chi connectivity index (χ0v) is 10.8. The Labute approximate surface area is 109 Å². The highest BCUT2D eigenvalue weighted by molar-refractivity contribution is 5.47. The number of hydroxylamine groups is 2. The molecule has 0 amide bonds. The molecule has 1 heterocycles. The molecule has 0 atom stereocenters. The molecule has 2 aliphatic rings. The summed E-state index contributed by atoms with van der Waals surface area (Å²) in [6.45, 7) is 2.80. The number of benzene rings is 1. The summed E-state index contributed by atoms with van der Waals surface area (Å²) in [5.74, 6) is 0.900. The molecular weight excluding hydrogens is 224 g/mol. The quantitative estimate of drug-likeness (QED) is 0.885. The van der Waals surface area contributed by atoms with Gasteiger partial charge in [0, 0.05) is 31.4 Å². The van der Waals surface area contributed by atoms with Crippen LogP contribution in [0.4, 0.5) is 5.69 Å². The van der Waals surface area contributed by atoms with Gasteiger partial charge in [0.05, 0.1) is 0 Å². The highest BCUT2D eigenvalue weighted by Crippen LogP contribution is 2.33. The lowest BCUT2D eigenvalue weighted by atomic mass is 10.0. The number of anilines is 1. The third kappa shape index (κ3) is 2.85. The zero-order chi connectivity index (χ0) is 12.4. The number of para-hydroxylation sites is 1. The Morgan fingerprint density at radius 3 is 2.33 bits per heavy atom. The predicted molar refractivity (Wildman–Crippen MR) is 72.9 cm³/mol. The third-order valence-electron chi connectivity index (χ3n) is 4.12. The van der Waals surface area contributed by atoms with E-state index in [4.69, 9.17) is 0 Å². The van der Waals surface area contributed by atoms with Crippen LogP contribution >= 0.6 is 0 Å². The molecule has 1 aromatic carbocycles. The lowest BCUT2D eigenvalue weighted by molar-refractivity contribution is -0.106. The van der Waals surface area contributed by atoms with Gasteiger partial charge >= 0.3 is 0 Å². The number of rotatable bonds is 4. The zero-order valence-electron chi connectivity index (χ0n) is 10.8. The maximum Gasteiger partial charge on any atom is 0.0368 e. The second-order valence-corrected chi connectivity index (χ2v) is 5.62. The Kier molecular flexibility index (Phi) is 3.52. The van der Waals surface area contributed by atoms with Crippen LogP contribution in [0.15, 0.2) is 30.3 Å². The van der Waals surface area contributed by atoms with Gasteiger partial charge in [-0.05, 0) is 43.7 Å². The summed E-state index contributed by atoms with van der Waals surface area (Å²) in [6.07, 6.45) is 4.92. The smallest absolute Gasteiger partial charge is 0.0368 e. The molecule has 1 saturated heterocycles. The largest absolute Gasteiger partial charge is 0.368 e. The van der Waals surface area contributed by atoms with Gasteiger partial charge in [-0.3, -0.25) is 0 Å². The van der Waals surface area contributed by atoms with Crippen LogP contribution in [0.2, 0.25) is 0 Å². The van der Waals surface area contributed by atoms with E-state index >= 15 is 0 Å². The minimum atomic E-state index is 0.594. The first-order valence-electron chi connectivity index (χ1n) is 7.08. The molecule has 3 heteroatoms. The van der Waals surface area contributed by atoms with Crippen LogP contribution in [0.25, 0.3) is 0 Å². The Bertz CT molecular complexity index is 369. The maximum atomic E-state index is 9.49. The summed E-state index contributed by atoms with van der Waals surface area (Å²) < 4.78 is 0. The molecule has 98 valence electrons. The summed E-state index contributed by atoms with van der Waals surface area (Å²) in [7, 11) is 0. The molecule has 1 saturated carbocycles. The third-order valence-corrected chi connectivity index (χ3v) is 4.12. The molecule has 0 spiro atoms. The van der Waals surface area contributed by atoms with Crippen molar-refractivity contribution in [3.8, 4) is 0 Å². The van der Waals surface area contributed by atoms with Crippen LogP contribution in [-0.4, -0.2) is 35.9 Å². The van der Waals surface area contributed by atoms with Crippen molar-refractivity contribution in [1.29, 1.82) is 0 Å². The minimum Gasteiger partial charge on any atom is -0.368 e. The van der Waals surface area contributed by atoms with E-state index in [9.17, 15) is 5.21 Å². The van der Waals surface area contributed by atoms with Gasteiger partial charge in [-0.15, -0.1) is 0 Å². The van der Waals surface area contributed by atoms with E-state index in [1.165, 1.54) is 30.1 Å². The normalized spacial score (nSPS) is 22.1. The summed E-state index contributed by atoms with van der Waals surface area (Å²) in [5.41, 5.74) is 1.35. The summed E-state index contributed by atoms with van der Waals surface area (Å²) in [6, 6.07) is 11.3. The van der Waals surface area contributed by atoms with Crippen LogP contribution in [0, 0.1) is 5.92 Å². The molecule has 0 radical (unpaired) electrons. The van der Waals surface area contributed by atoms with Crippen molar-refractivity contribution in [3.63, 3.8) is 0 Å². The van der Waals surface area contributed by atoms with Crippen LogP contribution in [0.5, 0.6) is 0 Å². The molecular formula is C15H22N2O. The first-order valence-corrected chi connectivity index (χ1v) is 7.08. The SMILES string of the molecule is ON1CCC(N(CC2CC2)c2ccccc2)CC1. The van der Waals surface area contributed by atoms with Crippen molar-refractivity contribution >= 4 is 5.69 Å². The number of piperidine rings is 1. The standard InChI is InChI=1S/C15H22N2O/c18-16-10-8-15(9-11-16)17(12-13-6-7-13)14-4-2-1-3-5-14/h1-5,13,15,18H,6-12H2. The number of hydrogen-bond donors (Lipinski definition) is 1. The van der Waals surface area contributed by atoms with Crippen molar-refractivity contribution in [1.82, 2.24) is 5.06 Å². The van der Waals surface area contributed by atoms with Crippen molar-refractivity contribution in [2.75, 3.05) is 24.5 Å². The van der Waals surface area contributed by atoms with E-state index in [0.717, 1.165) is 31.8 Å². The fourth-order valence-electron chi connectivity index (χ4n) is 2.83. The molecule has 0 aromatic heterocycles. The monoisotopic (exact) mass is 246 g/mol. The summed E-state index contributed by atoms with van der Waals surface area (Å²) in [4.78, 5) is 2.57. The van der Waals surface area contributed by atoms with Gasteiger partial charge in [0.2, 0.25) is 0 Å². The molecule has 3 rings (SSSR count). The van der Waals surface area contributed by atoms with E-state index in [0.29, 0.717) is 6.04 Å². The molecule has 1 aromatic rings. The highest BCUT2D eigenvalue weighted by atomic mass is 16.5. The van der Waals surface area contributed by atoms with Gasteiger partial charge in [0.25, 0.3) is 0 Å². The molecule has 1 N–H and O–H groups in total. The van der Waals surface area contributed by atoms with Crippen molar-refractivity contribution in [3.05, 3.63) is 30.3 Å². The molecule has 18 heavy (non-hydrogen) atoms. The summed E-state index contributed by atoms with van der Waals surface area (Å²) >= 11 is 0. The van der Waals surface area contributed by atoms with Gasteiger partial charge < -0.3 is 10.1 Å². The van der Waals surface area contributed by atoms with E-state index < -0.39 is 0 Å². The molecule has 2 fully saturated rings. The highest BCUT2D eigenvalue weighted by Gasteiger charge is 2.30. The van der Waals surface area contributed by atoms with E-state index in [1.54, 1.807) is 0 Å². The number of hydrogen-bond acceptors (Lipinski definition) is 3. The number of nitrogens with zero attached hydrogens (tertiary/aromatic N) is 2. The van der Waals surface area contributed by atoms with Crippen molar-refractivity contribution in [2.24, 2.45) is 5.92 Å². The Balaban J connectivity index is 1.72. The van der Waals surface area contributed by atoms with Crippen LogP contribution < -0.4 is 4.90 Å². The first-order chi connectivity index (χ1) is 8.83. The van der Waals surface area contributed by atoms with Crippen LogP contribution in [0.1, 0.15) is 25.7 Å². The van der Waals surface area contributed by atoms with Gasteiger partial charge in [-0.2, -0.15) is 5.06 Å². The fourth-order valence-corrected chi connectivity index (χ4v) is 2.83. The van der Waals surface area contributed by atoms with Crippen LogP contribution in [0.3, 0.4) is 0 Å². The molecule has 1 aliphatic carbocycles. The average Bonchev–Trinajstić information content (AvgIpc) is 3.22. The van der Waals surface area contributed by atoms with E-state index in [1.807, 2.05) is 0 Å². The van der Waals surface area contributed by atoms with Crippen molar-refractivity contribution in [2.45, 2.75) is 31.7 Å². The topological polar surface area (TPSA) is 26.7 Å². The lowest BCUT2D eigenvalue weighted by Crippen LogP contribution is -2.44. The average molecular weight is 246 g/mol. The lowest BCUT2D eigenvalue weighted by Gasteiger charge is -2.38.